The van der Waals surface area contributed by atoms with Crippen LogP contribution in [0.25, 0.3) is 0 Å². The Labute approximate surface area is 109 Å². The molecular weight excluding hydrogens is 246 g/mol. The number of benzene rings is 1. The van der Waals surface area contributed by atoms with Gasteiger partial charge in [-0.1, -0.05) is 36.4 Å². The summed E-state index contributed by atoms with van der Waals surface area (Å²) in [5, 5.41) is 0. The fourth-order valence-electron chi connectivity index (χ4n) is 1.29. The SMILES string of the molecule is C=C/C(=C\C=C/C)S(=O)(=O)Nc1ccc(C)cc1. The van der Waals surface area contributed by atoms with Crippen molar-refractivity contribution in [3.63, 3.8) is 0 Å². The van der Waals surface area contributed by atoms with E-state index in [1.807, 2.05) is 26.0 Å². The first-order valence-electron chi connectivity index (χ1n) is 5.54. The van der Waals surface area contributed by atoms with Gasteiger partial charge in [0, 0.05) is 5.69 Å². The number of sulfonamides is 1. The number of nitrogens with one attached hydrogen (secondary N) is 1. The molecule has 0 aliphatic heterocycles. The van der Waals surface area contributed by atoms with Crippen molar-refractivity contribution >= 4 is 15.7 Å². The first kappa shape index (κ1) is 14.3. The molecular formula is C14H17NO2S. The molecule has 1 rings (SSSR count). The molecule has 0 radical (unpaired) electrons. The van der Waals surface area contributed by atoms with Gasteiger partial charge < -0.3 is 0 Å². The first-order chi connectivity index (χ1) is 8.49. The summed E-state index contributed by atoms with van der Waals surface area (Å²) in [5.41, 5.74) is 1.61. The van der Waals surface area contributed by atoms with E-state index < -0.39 is 10.0 Å². The average Bonchev–Trinajstić information content (AvgIpc) is 2.32. The van der Waals surface area contributed by atoms with Gasteiger partial charge in [0.25, 0.3) is 10.0 Å². The van der Waals surface area contributed by atoms with Gasteiger partial charge in [0.2, 0.25) is 0 Å². The molecule has 0 saturated heterocycles. The molecule has 0 aromatic heterocycles. The highest BCUT2D eigenvalue weighted by atomic mass is 32.2. The van der Waals surface area contributed by atoms with E-state index in [1.54, 1.807) is 24.3 Å². The lowest BCUT2D eigenvalue weighted by Crippen LogP contribution is -2.13. The molecule has 1 N–H and O–H groups in total. The third kappa shape index (κ3) is 3.89. The average molecular weight is 263 g/mol. The van der Waals surface area contributed by atoms with E-state index >= 15 is 0 Å². The van der Waals surface area contributed by atoms with Crippen molar-refractivity contribution < 1.29 is 8.42 Å². The Morgan fingerprint density at radius 1 is 1.28 bits per heavy atom. The summed E-state index contributed by atoms with van der Waals surface area (Å²) in [6, 6.07) is 7.15. The molecule has 0 aliphatic rings. The van der Waals surface area contributed by atoms with Crippen molar-refractivity contribution in [2.75, 3.05) is 4.72 Å². The van der Waals surface area contributed by atoms with E-state index in [0.717, 1.165) is 5.56 Å². The molecule has 4 heteroatoms. The summed E-state index contributed by atoms with van der Waals surface area (Å²) in [4.78, 5) is 0.140. The van der Waals surface area contributed by atoms with Crippen LogP contribution in [0, 0.1) is 6.92 Å². The molecule has 0 amide bonds. The van der Waals surface area contributed by atoms with Gasteiger partial charge in [-0.25, -0.2) is 8.42 Å². The zero-order valence-electron chi connectivity index (χ0n) is 10.6. The fraction of sp³-hybridized carbons (Fsp3) is 0.143. The van der Waals surface area contributed by atoms with Crippen LogP contribution in [0.4, 0.5) is 5.69 Å². The minimum absolute atomic E-state index is 0.140. The number of anilines is 1. The highest BCUT2D eigenvalue weighted by Gasteiger charge is 2.13. The molecule has 1 aromatic carbocycles. The fourth-order valence-corrected chi connectivity index (χ4v) is 2.34. The van der Waals surface area contributed by atoms with Gasteiger partial charge in [-0.3, -0.25) is 4.72 Å². The van der Waals surface area contributed by atoms with Crippen molar-refractivity contribution in [3.8, 4) is 0 Å². The zero-order chi connectivity index (χ0) is 13.6. The topological polar surface area (TPSA) is 46.2 Å². The molecule has 0 aliphatic carbocycles. The molecule has 0 fully saturated rings. The quantitative estimate of drug-likeness (QED) is 0.828. The lowest BCUT2D eigenvalue weighted by Gasteiger charge is -2.08. The van der Waals surface area contributed by atoms with Crippen LogP contribution in [0.5, 0.6) is 0 Å². The summed E-state index contributed by atoms with van der Waals surface area (Å²) in [6.07, 6.45) is 6.23. The molecule has 0 spiro atoms. The number of hydrogen-bond acceptors (Lipinski definition) is 2. The summed E-state index contributed by atoms with van der Waals surface area (Å²) in [7, 11) is -3.57. The summed E-state index contributed by atoms with van der Waals surface area (Å²) in [5.74, 6) is 0. The Kier molecular flexibility index (Phi) is 4.92. The lowest BCUT2D eigenvalue weighted by atomic mass is 10.2. The van der Waals surface area contributed by atoms with Crippen LogP contribution >= 0.6 is 0 Å². The Bertz CT molecular complexity index is 566. The second-order valence-electron chi connectivity index (χ2n) is 3.77. The van der Waals surface area contributed by atoms with Crippen LogP contribution in [0.1, 0.15) is 12.5 Å². The van der Waals surface area contributed by atoms with Crippen molar-refractivity contribution in [2.45, 2.75) is 13.8 Å². The van der Waals surface area contributed by atoms with Gasteiger partial charge in [0.15, 0.2) is 0 Å². The van der Waals surface area contributed by atoms with Crippen molar-refractivity contribution in [1.29, 1.82) is 0 Å². The molecule has 0 atom stereocenters. The molecule has 1 aromatic rings. The summed E-state index contributed by atoms with van der Waals surface area (Å²) < 4.78 is 26.6. The molecule has 18 heavy (non-hydrogen) atoms. The predicted molar refractivity (Wildman–Crippen MR) is 76.8 cm³/mol. The summed E-state index contributed by atoms with van der Waals surface area (Å²) >= 11 is 0. The third-order valence-corrected chi connectivity index (χ3v) is 3.70. The van der Waals surface area contributed by atoms with Crippen LogP contribution in [0.2, 0.25) is 0 Å². The Morgan fingerprint density at radius 2 is 1.89 bits per heavy atom. The number of aryl methyl sites for hydroxylation is 1. The van der Waals surface area contributed by atoms with Crippen LogP contribution in [0.15, 0.2) is 60.1 Å². The van der Waals surface area contributed by atoms with E-state index in [-0.39, 0.29) is 4.91 Å². The number of hydrogen-bond donors (Lipinski definition) is 1. The second-order valence-corrected chi connectivity index (χ2v) is 5.45. The minimum atomic E-state index is -3.57. The maximum atomic E-state index is 12.0. The zero-order valence-corrected chi connectivity index (χ0v) is 11.4. The van der Waals surface area contributed by atoms with E-state index in [0.29, 0.717) is 5.69 Å². The molecule has 3 nitrogen and oxygen atoms in total. The van der Waals surface area contributed by atoms with Crippen LogP contribution < -0.4 is 4.72 Å². The van der Waals surface area contributed by atoms with E-state index in [9.17, 15) is 8.42 Å². The second kappa shape index (κ2) is 6.21. The maximum Gasteiger partial charge on any atom is 0.261 e. The van der Waals surface area contributed by atoms with Gasteiger partial charge in [-0.15, -0.1) is 0 Å². The number of allylic oxidation sites excluding steroid dienone is 4. The molecule has 96 valence electrons. The smallest absolute Gasteiger partial charge is 0.261 e. The number of rotatable bonds is 5. The molecule has 0 saturated carbocycles. The van der Waals surface area contributed by atoms with Gasteiger partial charge in [0.05, 0.1) is 4.91 Å². The maximum absolute atomic E-state index is 12.0. The standard InChI is InChI=1S/C14H17NO2S/c1-4-6-7-14(5-2)18(16,17)15-13-10-8-12(3)9-11-13/h4-11,15H,2H2,1,3H3/b6-4-,14-7+. The van der Waals surface area contributed by atoms with Crippen molar-refractivity contribution in [1.82, 2.24) is 0 Å². The van der Waals surface area contributed by atoms with Gasteiger partial charge in [0.1, 0.15) is 0 Å². The third-order valence-electron chi connectivity index (χ3n) is 2.27. The lowest BCUT2D eigenvalue weighted by molar-refractivity contribution is 0.608. The van der Waals surface area contributed by atoms with E-state index in [2.05, 4.69) is 11.3 Å². The molecule has 0 unspecified atom stereocenters. The predicted octanol–water partition coefficient (Wildman–Crippen LogP) is 3.38. The van der Waals surface area contributed by atoms with Crippen molar-refractivity contribution in [2.24, 2.45) is 0 Å². The van der Waals surface area contributed by atoms with Gasteiger partial charge in [-0.05, 0) is 38.1 Å². The van der Waals surface area contributed by atoms with E-state index in [4.69, 9.17) is 0 Å². The first-order valence-corrected chi connectivity index (χ1v) is 7.03. The van der Waals surface area contributed by atoms with Crippen LogP contribution in [-0.2, 0) is 10.0 Å². The Hall–Kier alpha value is -1.81. The van der Waals surface area contributed by atoms with Gasteiger partial charge >= 0.3 is 0 Å². The Balaban J connectivity index is 3.00. The van der Waals surface area contributed by atoms with Gasteiger partial charge in [-0.2, -0.15) is 0 Å². The summed E-state index contributed by atoms with van der Waals surface area (Å²) in [6.45, 7) is 7.28. The monoisotopic (exact) mass is 263 g/mol. The minimum Gasteiger partial charge on any atom is -0.280 e. The molecule has 0 bridgehead atoms. The highest BCUT2D eigenvalue weighted by molar-refractivity contribution is 7.96. The van der Waals surface area contributed by atoms with E-state index in [1.165, 1.54) is 12.2 Å². The molecule has 0 heterocycles. The Morgan fingerprint density at radius 3 is 2.39 bits per heavy atom. The van der Waals surface area contributed by atoms with Crippen LogP contribution in [0.3, 0.4) is 0 Å². The van der Waals surface area contributed by atoms with Crippen LogP contribution in [-0.4, -0.2) is 8.42 Å². The van der Waals surface area contributed by atoms with Crippen molar-refractivity contribution in [3.05, 3.63) is 65.6 Å². The normalized spacial score (nSPS) is 12.7. The highest BCUT2D eigenvalue weighted by Crippen LogP contribution is 2.15. The largest absolute Gasteiger partial charge is 0.280 e.